The van der Waals surface area contributed by atoms with E-state index in [9.17, 15) is 0 Å². The largest absolute Gasteiger partial charge is 0.397 e. The van der Waals surface area contributed by atoms with E-state index in [0.29, 0.717) is 5.92 Å². The van der Waals surface area contributed by atoms with Crippen molar-refractivity contribution in [3.63, 3.8) is 0 Å². The van der Waals surface area contributed by atoms with Crippen molar-refractivity contribution in [2.75, 3.05) is 18.1 Å². The van der Waals surface area contributed by atoms with Crippen molar-refractivity contribution in [2.45, 2.75) is 20.3 Å². The molecule has 1 aromatic carbocycles. The first-order chi connectivity index (χ1) is 6.15. The third-order valence-electron chi connectivity index (χ3n) is 2.06. The van der Waals surface area contributed by atoms with Crippen LogP contribution in [0.2, 0.25) is 0 Å². The topological polar surface area (TPSA) is 38.0 Å². The van der Waals surface area contributed by atoms with Crippen LogP contribution in [0.25, 0.3) is 0 Å². The van der Waals surface area contributed by atoms with Gasteiger partial charge < -0.3 is 11.1 Å². The minimum Gasteiger partial charge on any atom is -0.397 e. The van der Waals surface area contributed by atoms with Gasteiger partial charge in [0, 0.05) is 7.05 Å². The van der Waals surface area contributed by atoms with E-state index in [1.807, 2.05) is 19.2 Å². The standard InChI is InChI=1S/C11H18N2/c1-8(2)7-9-5-4-6-10(12)11(9)13-3/h4-6,8,13H,7,12H2,1-3H3. The Kier molecular flexibility index (Phi) is 3.18. The predicted molar refractivity (Wildman–Crippen MR) is 58.9 cm³/mol. The molecule has 0 aliphatic heterocycles. The minimum atomic E-state index is 0.661. The van der Waals surface area contributed by atoms with Gasteiger partial charge in [0.25, 0.3) is 0 Å². The third-order valence-corrected chi connectivity index (χ3v) is 2.06. The predicted octanol–water partition coefficient (Wildman–Crippen LogP) is 2.51. The summed E-state index contributed by atoms with van der Waals surface area (Å²) in [4.78, 5) is 0. The van der Waals surface area contributed by atoms with E-state index in [1.165, 1.54) is 5.56 Å². The van der Waals surface area contributed by atoms with Gasteiger partial charge in [0.15, 0.2) is 0 Å². The molecule has 0 aliphatic carbocycles. The number of benzene rings is 1. The molecule has 1 rings (SSSR count). The summed E-state index contributed by atoms with van der Waals surface area (Å²) in [5, 5.41) is 3.14. The monoisotopic (exact) mass is 178 g/mol. The molecule has 13 heavy (non-hydrogen) atoms. The van der Waals surface area contributed by atoms with E-state index >= 15 is 0 Å². The Morgan fingerprint density at radius 3 is 2.62 bits per heavy atom. The van der Waals surface area contributed by atoms with E-state index in [0.717, 1.165) is 17.8 Å². The molecule has 3 N–H and O–H groups in total. The van der Waals surface area contributed by atoms with Crippen LogP contribution in [0, 0.1) is 5.92 Å². The van der Waals surface area contributed by atoms with Crippen molar-refractivity contribution in [3.8, 4) is 0 Å². The second kappa shape index (κ2) is 4.17. The van der Waals surface area contributed by atoms with Crippen molar-refractivity contribution in [2.24, 2.45) is 5.92 Å². The number of nitrogens with two attached hydrogens (primary N) is 1. The van der Waals surface area contributed by atoms with Gasteiger partial charge in [0.1, 0.15) is 0 Å². The lowest BCUT2D eigenvalue weighted by Crippen LogP contribution is -2.03. The highest BCUT2D eigenvalue weighted by molar-refractivity contribution is 5.69. The lowest BCUT2D eigenvalue weighted by Gasteiger charge is -2.13. The van der Waals surface area contributed by atoms with Crippen molar-refractivity contribution in [1.29, 1.82) is 0 Å². The summed E-state index contributed by atoms with van der Waals surface area (Å²) in [5.74, 6) is 0.661. The van der Waals surface area contributed by atoms with Crippen LogP contribution in [0.15, 0.2) is 18.2 Å². The SMILES string of the molecule is CNc1c(N)cccc1CC(C)C. The van der Waals surface area contributed by atoms with Gasteiger partial charge in [-0.05, 0) is 24.0 Å². The molecule has 2 heteroatoms. The Morgan fingerprint density at radius 1 is 1.38 bits per heavy atom. The molecule has 0 atom stereocenters. The normalized spacial score (nSPS) is 10.5. The smallest absolute Gasteiger partial charge is 0.0603 e. The molecule has 2 nitrogen and oxygen atoms in total. The van der Waals surface area contributed by atoms with Crippen molar-refractivity contribution in [1.82, 2.24) is 0 Å². The van der Waals surface area contributed by atoms with Crippen LogP contribution in [-0.2, 0) is 6.42 Å². The number of rotatable bonds is 3. The van der Waals surface area contributed by atoms with Crippen LogP contribution >= 0.6 is 0 Å². The lowest BCUT2D eigenvalue weighted by atomic mass is 10.0. The maximum Gasteiger partial charge on any atom is 0.0603 e. The molecular weight excluding hydrogens is 160 g/mol. The Balaban J connectivity index is 2.98. The maximum atomic E-state index is 5.85. The van der Waals surface area contributed by atoms with Crippen LogP contribution in [0.1, 0.15) is 19.4 Å². The first-order valence-corrected chi connectivity index (χ1v) is 4.70. The van der Waals surface area contributed by atoms with Crippen molar-refractivity contribution < 1.29 is 0 Å². The zero-order chi connectivity index (χ0) is 9.84. The molecule has 0 saturated heterocycles. The molecule has 0 saturated carbocycles. The summed E-state index contributed by atoms with van der Waals surface area (Å²) < 4.78 is 0. The van der Waals surface area contributed by atoms with Gasteiger partial charge in [-0.2, -0.15) is 0 Å². The number of hydrogen-bond acceptors (Lipinski definition) is 2. The molecular formula is C11H18N2. The number of nitrogens with one attached hydrogen (secondary N) is 1. The minimum absolute atomic E-state index is 0.661. The van der Waals surface area contributed by atoms with E-state index in [4.69, 9.17) is 5.73 Å². The summed E-state index contributed by atoms with van der Waals surface area (Å²) >= 11 is 0. The first kappa shape index (κ1) is 9.90. The fraction of sp³-hybridized carbons (Fsp3) is 0.455. The fourth-order valence-corrected chi connectivity index (χ4v) is 1.53. The van der Waals surface area contributed by atoms with E-state index in [-0.39, 0.29) is 0 Å². The average Bonchev–Trinajstić information content (AvgIpc) is 2.03. The quantitative estimate of drug-likeness (QED) is 0.698. The van der Waals surface area contributed by atoms with Gasteiger partial charge in [-0.1, -0.05) is 26.0 Å². The molecule has 72 valence electrons. The van der Waals surface area contributed by atoms with E-state index in [1.54, 1.807) is 0 Å². The Bertz CT molecular complexity index is 279. The molecule has 0 spiro atoms. The zero-order valence-corrected chi connectivity index (χ0v) is 8.59. The molecule has 0 aromatic heterocycles. The molecule has 0 heterocycles. The van der Waals surface area contributed by atoms with Gasteiger partial charge in [0.05, 0.1) is 11.4 Å². The van der Waals surface area contributed by atoms with E-state index < -0.39 is 0 Å². The second-order valence-electron chi connectivity index (χ2n) is 3.73. The lowest BCUT2D eigenvalue weighted by molar-refractivity contribution is 0.648. The molecule has 0 amide bonds. The Labute approximate surface area is 80.1 Å². The van der Waals surface area contributed by atoms with Gasteiger partial charge in [-0.15, -0.1) is 0 Å². The van der Waals surface area contributed by atoms with Crippen molar-refractivity contribution in [3.05, 3.63) is 23.8 Å². The third kappa shape index (κ3) is 2.38. The molecule has 0 unspecified atom stereocenters. The van der Waals surface area contributed by atoms with Gasteiger partial charge in [-0.25, -0.2) is 0 Å². The molecule has 0 bridgehead atoms. The summed E-state index contributed by atoms with van der Waals surface area (Å²) in [7, 11) is 1.91. The van der Waals surface area contributed by atoms with Crippen LogP contribution in [-0.4, -0.2) is 7.05 Å². The summed E-state index contributed by atoms with van der Waals surface area (Å²) in [5.41, 5.74) is 9.06. The van der Waals surface area contributed by atoms with Gasteiger partial charge in [0.2, 0.25) is 0 Å². The molecule has 1 aromatic rings. The van der Waals surface area contributed by atoms with E-state index in [2.05, 4.69) is 25.2 Å². The highest BCUT2D eigenvalue weighted by atomic mass is 14.9. The number of nitrogen functional groups attached to an aromatic ring is 1. The highest BCUT2D eigenvalue weighted by Crippen LogP contribution is 2.24. The highest BCUT2D eigenvalue weighted by Gasteiger charge is 2.05. The summed E-state index contributed by atoms with van der Waals surface area (Å²) in [6.45, 7) is 4.42. The first-order valence-electron chi connectivity index (χ1n) is 4.70. The maximum absolute atomic E-state index is 5.85. The Morgan fingerprint density at radius 2 is 2.08 bits per heavy atom. The van der Waals surface area contributed by atoms with Gasteiger partial charge >= 0.3 is 0 Å². The summed E-state index contributed by atoms with van der Waals surface area (Å²) in [6, 6.07) is 6.06. The molecule has 0 fully saturated rings. The van der Waals surface area contributed by atoms with Crippen LogP contribution in [0.5, 0.6) is 0 Å². The number of anilines is 2. The van der Waals surface area contributed by atoms with Crippen LogP contribution < -0.4 is 11.1 Å². The molecule has 0 radical (unpaired) electrons. The number of hydrogen-bond donors (Lipinski definition) is 2. The van der Waals surface area contributed by atoms with Crippen molar-refractivity contribution >= 4 is 11.4 Å². The summed E-state index contributed by atoms with van der Waals surface area (Å²) in [6.07, 6.45) is 1.07. The second-order valence-corrected chi connectivity index (χ2v) is 3.73. The number of para-hydroxylation sites is 1. The van der Waals surface area contributed by atoms with Crippen LogP contribution in [0.4, 0.5) is 11.4 Å². The fourth-order valence-electron chi connectivity index (χ4n) is 1.53. The molecule has 0 aliphatic rings. The van der Waals surface area contributed by atoms with Gasteiger partial charge in [-0.3, -0.25) is 0 Å². The zero-order valence-electron chi connectivity index (χ0n) is 8.59. The van der Waals surface area contributed by atoms with Crippen LogP contribution in [0.3, 0.4) is 0 Å². The average molecular weight is 178 g/mol. The Hall–Kier alpha value is -1.18.